The van der Waals surface area contributed by atoms with E-state index in [-0.39, 0.29) is 24.0 Å². The van der Waals surface area contributed by atoms with Gasteiger partial charge in [-0.05, 0) is 24.8 Å². The molecule has 1 aromatic rings. The Kier molecular flexibility index (Phi) is 3.94. The SMILES string of the molecule is O=C(OCCF)Oc1ccc([N+](=O)[O-])cc1C1CC1. The Hall–Kier alpha value is -2.18. The average Bonchev–Trinajstić information content (AvgIpc) is 3.20. The topological polar surface area (TPSA) is 78.7 Å². The lowest BCUT2D eigenvalue weighted by Gasteiger charge is -2.09. The molecule has 0 atom stereocenters. The minimum absolute atomic E-state index is 0.0497. The van der Waals surface area contributed by atoms with Gasteiger partial charge in [-0.2, -0.15) is 0 Å². The molecule has 0 aliphatic heterocycles. The van der Waals surface area contributed by atoms with Gasteiger partial charge >= 0.3 is 6.16 Å². The number of nitrogens with zero attached hydrogens (tertiary/aromatic N) is 1. The first-order valence-corrected chi connectivity index (χ1v) is 5.80. The van der Waals surface area contributed by atoms with Crippen LogP contribution in [0.15, 0.2) is 18.2 Å². The van der Waals surface area contributed by atoms with Crippen LogP contribution in [0.2, 0.25) is 0 Å². The Morgan fingerprint density at radius 2 is 2.21 bits per heavy atom. The summed E-state index contributed by atoms with van der Waals surface area (Å²) in [5.41, 5.74) is 0.567. The van der Waals surface area contributed by atoms with Gasteiger partial charge in [-0.1, -0.05) is 0 Å². The molecule has 0 aromatic heterocycles. The highest BCUT2D eigenvalue weighted by Gasteiger charge is 2.29. The Morgan fingerprint density at radius 3 is 2.79 bits per heavy atom. The monoisotopic (exact) mass is 269 g/mol. The molecule has 0 amide bonds. The molecule has 102 valence electrons. The maximum absolute atomic E-state index is 11.8. The van der Waals surface area contributed by atoms with E-state index in [1.54, 1.807) is 0 Å². The van der Waals surface area contributed by atoms with Crippen LogP contribution in [0, 0.1) is 10.1 Å². The maximum Gasteiger partial charge on any atom is 0.513 e. The Morgan fingerprint density at radius 1 is 1.47 bits per heavy atom. The zero-order valence-electron chi connectivity index (χ0n) is 10.0. The number of carbonyl (C=O) groups excluding carboxylic acids is 1. The van der Waals surface area contributed by atoms with E-state index >= 15 is 0 Å². The van der Waals surface area contributed by atoms with Crippen LogP contribution in [0.4, 0.5) is 14.9 Å². The number of nitro groups is 1. The van der Waals surface area contributed by atoms with Crippen LogP contribution in [0.1, 0.15) is 24.3 Å². The third-order valence-corrected chi connectivity index (χ3v) is 2.71. The van der Waals surface area contributed by atoms with Crippen molar-refractivity contribution in [1.82, 2.24) is 0 Å². The van der Waals surface area contributed by atoms with Crippen LogP contribution in [0.5, 0.6) is 5.75 Å². The van der Waals surface area contributed by atoms with Crippen molar-refractivity contribution >= 4 is 11.8 Å². The summed E-state index contributed by atoms with van der Waals surface area (Å²) in [6.07, 6.45) is 0.794. The smallest absolute Gasteiger partial charge is 0.431 e. The number of rotatable bonds is 5. The first-order chi connectivity index (χ1) is 9.11. The van der Waals surface area contributed by atoms with Crippen molar-refractivity contribution in [2.75, 3.05) is 13.3 Å². The van der Waals surface area contributed by atoms with Gasteiger partial charge in [0.25, 0.3) is 5.69 Å². The third-order valence-electron chi connectivity index (χ3n) is 2.71. The number of benzene rings is 1. The van der Waals surface area contributed by atoms with E-state index in [4.69, 9.17) is 4.74 Å². The summed E-state index contributed by atoms with van der Waals surface area (Å²) in [4.78, 5) is 21.4. The molecule has 2 rings (SSSR count). The van der Waals surface area contributed by atoms with Gasteiger partial charge in [0.1, 0.15) is 19.0 Å². The first-order valence-electron chi connectivity index (χ1n) is 5.80. The quantitative estimate of drug-likeness (QED) is 0.355. The van der Waals surface area contributed by atoms with Gasteiger partial charge < -0.3 is 9.47 Å². The molecule has 0 bridgehead atoms. The summed E-state index contributed by atoms with van der Waals surface area (Å²) in [6.45, 7) is -1.16. The van der Waals surface area contributed by atoms with E-state index in [9.17, 15) is 19.3 Å². The zero-order valence-corrected chi connectivity index (χ0v) is 10.0. The van der Waals surface area contributed by atoms with Crippen LogP contribution < -0.4 is 4.74 Å². The van der Waals surface area contributed by atoms with Crippen molar-refractivity contribution in [2.24, 2.45) is 0 Å². The van der Waals surface area contributed by atoms with Crippen molar-refractivity contribution in [1.29, 1.82) is 0 Å². The molecular formula is C12H12FNO5. The largest absolute Gasteiger partial charge is 0.513 e. The fraction of sp³-hybridized carbons (Fsp3) is 0.417. The Labute approximate surface area is 108 Å². The third kappa shape index (κ3) is 3.40. The van der Waals surface area contributed by atoms with Gasteiger partial charge in [0, 0.05) is 17.7 Å². The van der Waals surface area contributed by atoms with Gasteiger partial charge in [0.15, 0.2) is 0 Å². The minimum Gasteiger partial charge on any atom is -0.431 e. The minimum atomic E-state index is -1.01. The number of alkyl halides is 1. The lowest BCUT2D eigenvalue weighted by molar-refractivity contribution is -0.384. The predicted molar refractivity (Wildman–Crippen MR) is 63.0 cm³/mol. The van der Waals surface area contributed by atoms with E-state index in [1.165, 1.54) is 18.2 Å². The molecule has 1 aliphatic carbocycles. The molecule has 1 fully saturated rings. The lowest BCUT2D eigenvalue weighted by atomic mass is 10.1. The number of carbonyl (C=O) groups is 1. The highest BCUT2D eigenvalue weighted by Crippen LogP contribution is 2.45. The van der Waals surface area contributed by atoms with Crippen molar-refractivity contribution in [3.05, 3.63) is 33.9 Å². The maximum atomic E-state index is 11.8. The predicted octanol–water partition coefficient (Wildman–Crippen LogP) is 2.96. The summed E-state index contributed by atoms with van der Waals surface area (Å²) in [5.74, 6) is 0.404. The molecule has 1 aromatic carbocycles. The first kappa shape index (κ1) is 13.3. The summed E-state index contributed by atoms with van der Waals surface area (Å²) in [6, 6.07) is 4.02. The molecular weight excluding hydrogens is 257 g/mol. The normalized spacial score (nSPS) is 13.9. The molecule has 7 heteroatoms. The van der Waals surface area contributed by atoms with Crippen molar-refractivity contribution in [3.8, 4) is 5.75 Å². The van der Waals surface area contributed by atoms with Crippen LogP contribution in [-0.2, 0) is 4.74 Å². The zero-order chi connectivity index (χ0) is 13.8. The highest BCUT2D eigenvalue weighted by molar-refractivity contribution is 5.65. The fourth-order valence-corrected chi connectivity index (χ4v) is 1.70. The van der Waals surface area contributed by atoms with Gasteiger partial charge in [-0.15, -0.1) is 0 Å². The molecule has 0 heterocycles. The van der Waals surface area contributed by atoms with Gasteiger partial charge in [-0.25, -0.2) is 9.18 Å². The number of non-ortho nitro benzene ring substituents is 1. The van der Waals surface area contributed by atoms with Gasteiger partial charge in [0.05, 0.1) is 4.92 Å². The molecule has 1 saturated carbocycles. The molecule has 0 radical (unpaired) electrons. The van der Waals surface area contributed by atoms with Crippen LogP contribution in [-0.4, -0.2) is 24.4 Å². The molecule has 19 heavy (non-hydrogen) atoms. The molecule has 1 aliphatic rings. The molecule has 0 saturated heterocycles. The fourth-order valence-electron chi connectivity index (χ4n) is 1.70. The summed E-state index contributed by atoms with van der Waals surface area (Å²) < 4.78 is 21.2. The van der Waals surface area contributed by atoms with Crippen LogP contribution in [0.3, 0.4) is 0 Å². The molecule has 0 spiro atoms. The molecule has 0 N–H and O–H groups in total. The number of halogens is 1. The summed E-state index contributed by atoms with van der Waals surface area (Å²) >= 11 is 0. The second kappa shape index (κ2) is 5.64. The lowest BCUT2D eigenvalue weighted by Crippen LogP contribution is -2.13. The van der Waals surface area contributed by atoms with Crippen molar-refractivity contribution < 1.29 is 23.6 Å². The summed E-state index contributed by atoms with van der Waals surface area (Å²) in [7, 11) is 0. The molecule has 0 unspecified atom stereocenters. The van der Waals surface area contributed by atoms with E-state index in [2.05, 4.69) is 4.74 Å². The van der Waals surface area contributed by atoms with Crippen molar-refractivity contribution in [2.45, 2.75) is 18.8 Å². The van der Waals surface area contributed by atoms with Crippen LogP contribution in [0.25, 0.3) is 0 Å². The highest BCUT2D eigenvalue weighted by atomic mass is 19.1. The van der Waals surface area contributed by atoms with Gasteiger partial charge in [0.2, 0.25) is 0 Å². The van der Waals surface area contributed by atoms with Crippen LogP contribution >= 0.6 is 0 Å². The van der Waals surface area contributed by atoms with E-state index in [0.717, 1.165) is 12.8 Å². The average molecular weight is 269 g/mol. The van der Waals surface area contributed by atoms with E-state index in [1.807, 2.05) is 0 Å². The second-order valence-corrected chi connectivity index (χ2v) is 4.14. The molecule has 6 nitrogen and oxygen atoms in total. The number of nitro benzene ring substituents is 1. The van der Waals surface area contributed by atoms with E-state index < -0.39 is 17.8 Å². The second-order valence-electron chi connectivity index (χ2n) is 4.14. The number of hydrogen-bond acceptors (Lipinski definition) is 5. The van der Waals surface area contributed by atoms with E-state index in [0.29, 0.717) is 5.56 Å². The Bertz CT molecular complexity index is 501. The standard InChI is InChI=1S/C12H12FNO5/c13-5-6-18-12(15)19-11-4-3-9(14(16)17)7-10(11)8-1-2-8/h3-4,7-8H,1-2,5-6H2. The Balaban J connectivity index is 2.15. The summed E-state index contributed by atoms with van der Waals surface area (Å²) in [5, 5.41) is 10.7. The number of hydrogen-bond donors (Lipinski definition) is 0. The van der Waals surface area contributed by atoms with Crippen molar-refractivity contribution in [3.63, 3.8) is 0 Å². The van der Waals surface area contributed by atoms with Gasteiger partial charge in [-0.3, -0.25) is 10.1 Å². The number of ether oxygens (including phenoxy) is 2.